The summed E-state index contributed by atoms with van der Waals surface area (Å²) < 4.78 is 9.14. The highest BCUT2D eigenvalue weighted by atomic mass is 32.2. The summed E-state index contributed by atoms with van der Waals surface area (Å²) in [5, 5.41) is 3.48. The summed E-state index contributed by atoms with van der Waals surface area (Å²) in [6.45, 7) is 10.7. The zero-order valence-electron chi connectivity index (χ0n) is 20.6. The number of fused-ring (bicyclic) bond motifs is 1. The van der Waals surface area contributed by atoms with Crippen LogP contribution in [0.15, 0.2) is 65.1 Å². The third kappa shape index (κ3) is 6.23. The summed E-state index contributed by atoms with van der Waals surface area (Å²) >= 11 is 1.94. The van der Waals surface area contributed by atoms with Gasteiger partial charge in [-0.05, 0) is 86.0 Å². The fourth-order valence-electron chi connectivity index (χ4n) is 4.76. The van der Waals surface area contributed by atoms with Crippen LogP contribution in [0.5, 0.6) is 5.75 Å². The van der Waals surface area contributed by atoms with Gasteiger partial charge in [-0.1, -0.05) is 57.2 Å². The van der Waals surface area contributed by atoms with Crippen molar-refractivity contribution < 1.29 is 4.74 Å². The molecular formula is C29H40N2OS. The largest absolute Gasteiger partial charge is 0.482 e. The first-order valence-electron chi connectivity index (χ1n) is 13.0. The molecule has 1 spiro atoms. The van der Waals surface area contributed by atoms with Gasteiger partial charge in [0.25, 0.3) is 0 Å². The fraction of sp³-hybridized carbons (Fsp3) is 0.517. The second kappa shape index (κ2) is 11.6. The van der Waals surface area contributed by atoms with Crippen LogP contribution >= 0.6 is 11.9 Å². The van der Waals surface area contributed by atoms with Crippen molar-refractivity contribution in [3.63, 3.8) is 0 Å². The van der Waals surface area contributed by atoms with E-state index in [0.717, 1.165) is 50.6 Å². The molecule has 5 rings (SSSR count). The van der Waals surface area contributed by atoms with Crippen molar-refractivity contribution in [3.8, 4) is 5.75 Å². The molecule has 0 unspecified atom stereocenters. The van der Waals surface area contributed by atoms with Crippen molar-refractivity contribution >= 4 is 17.5 Å². The lowest BCUT2D eigenvalue weighted by molar-refractivity contribution is 0.0816. The molecule has 3 nitrogen and oxygen atoms in total. The Morgan fingerprint density at radius 2 is 1.91 bits per heavy atom. The molecule has 0 atom stereocenters. The van der Waals surface area contributed by atoms with Crippen molar-refractivity contribution in [2.24, 2.45) is 5.92 Å². The Bertz CT molecular complexity index is 919. The van der Waals surface area contributed by atoms with Gasteiger partial charge in [0.15, 0.2) is 0 Å². The van der Waals surface area contributed by atoms with Gasteiger partial charge in [-0.25, -0.2) is 4.31 Å². The molecule has 4 heteroatoms. The van der Waals surface area contributed by atoms with E-state index in [2.05, 4.69) is 71.2 Å². The summed E-state index contributed by atoms with van der Waals surface area (Å²) in [6.07, 6.45) is 18.8. The highest BCUT2D eigenvalue weighted by molar-refractivity contribution is 8.01. The Morgan fingerprint density at radius 1 is 1.12 bits per heavy atom. The van der Waals surface area contributed by atoms with Gasteiger partial charge in [0.1, 0.15) is 11.4 Å². The van der Waals surface area contributed by atoms with Gasteiger partial charge in [-0.2, -0.15) is 0 Å². The summed E-state index contributed by atoms with van der Waals surface area (Å²) in [5.41, 5.74) is 3.82. The molecule has 2 heterocycles. The number of benzene rings is 1. The molecule has 4 aliphatic rings. The van der Waals surface area contributed by atoms with Crippen LogP contribution in [0.25, 0.3) is 5.57 Å². The fourth-order valence-corrected chi connectivity index (χ4v) is 5.90. The Morgan fingerprint density at radius 3 is 2.67 bits per heavy atom. The molecule has 0 aromatic heterocycles. The number of ether oxygens (including phenoxy) is 1. The van der Waals surface area contributed by atoms with Gasteiger partial charge in [0, 0.05) is 36.4 Å². The minimum atomic E-state index is -0.171. The maximum absolute atomic E-state index is 6.57. The maximum atomic E-state index is 6.57. The Kier molecular flexibility index (Phi) is 8.56. The minimum absolute atomic E-state index is 0.171. The van der Waals surface area contributed by atoms with Crippen LogP contribution < -0.4 is 10.1 Å². The number of hydrogen-bond acceptors (Lipinski definition) is 4. The van der Waals surface area contributed by atoms with Crippen molar-refractivity contribution in [2.75, 3.05) is 26.2 Å². The summed E-state index contributed by atoms with van der Waals surface area (Å²) in [7, 11) is 0. The van der Waals surface area contributed by atoms with Gasteiger partial charge in [0.2, 0.25) is 0 Å². The molecule has 2 aliphatic heterocycles. The first kappa shape index (κ1) is 24.4. The zero-order chi connectivity index (χ0) is 23.1. The third-order valence-corrected chi connectivity index (χ3v) is 7.70. The number of piperidine rings is 1. The summed E-state index contributed by atoms with van der Waals surface area (Å²) in [5.74, 6) is 1.96. The second-order valence-corrected chi connectivity index (χ2v) is 10.4. The van der Waals surface area contributed by atoms with Crippen LogP contribution in [0.1, 0.15) is 64.9 Å². The van der Waals surface area contributed by atoms with E-state index >= 15 is 0 Å². The number of nitrogens with one attached hydrogen (secondary N) is 1. The highest BCUT2D eigenvalue weighted by Gasteiger charge is 2.37. The van der Waals surface area contributed by atoms with Crippen LogP contribution in [-0.4, -0.2) is 36.1 Å². The summed E-state index contributed by atoms with van der Waals surface area (Å²) in [4.78, 5) is 1.35. The van der Waals surface area contributed by atoms with Crippen LogP contribution in [0.2, 0.25) is 0 Å². The van der Waals surface area contributed by atoms with Gasteiger partial charge in [0.05, 0.1) is 0 Å². The number of hydrogen-bond donors (Lipinski definition) is 1. The Hall–Kier alpha value is -1.75. The molecule has 1 N–H and O–H groups in total. The number of para-hydroxylation sites is 1. The van der Waals surface area contributed by atoms with Crippen LogP contribution in [-0.2, 0) is 0 Å². The monoisotopic (exact) mass is 464 g/mol. The van der Waals surface area contributed by atoms with E-state index in [-0.39, 0.29) is 5.60 Å². The van der Waals surface area contributed by atoms with Crippen molar-refractivity contribution in [1.82, 2.24) is 9.62 Å². The average Bonchev–Trinajstić information content (AvgIpc) is 3.68. The first-order chi connectivity index (χ1) is 16.2. The molecule has 1 aromatic rings. The van der Waals surface area contributed by atoms with Gasteiger partial charge in [-0.3, -0.25) is 0 Å². The lowest BCUT2D eigenvalue weighted by Crippen LogP contribution is -2.46. The minimum Gasteiger partial charge on any atom is -0.482 e. The highest BCUT2D eigenvalue weighted by Crippen LogP contribution is 2.44. The van der Waals surface area contributed by atoms with E-state index in [0.29, 0.717) is 0 Å². The number of rotatable bonds is 7. The van der Waals surface area contributed by atoms with E-state index in [4.69, 9.17) is 4.74 Å². The van der Waals surface area contributed by atoms with Gasteiger partial charge >= 0.3 is 0 Å². The molecular weight excluding hydrogens is 424 g/mol. The molecule has 2 aliphatic carbocycles. The molecule has 1 saturated heterocycles. The second-order valence-electron chi connectivity index (χ2n) is 9.26. The molecule has 0 bridgehead atoms. The predicted octanol–water partition coefficient (Wildman–Crippen LogP) is 7.15. The average molecular weight is 465 g/mol. The van der Waals surface area contributed by atoms with E-state index < -0.39 is 0 Å². The van der Waals surface area contributed by atoms with E-state index in [1.165, 1.54) is 47.4 Å². The molecule has 0 amide bonds. The molecule has 33 heavy (non-hydrogen) atoms. The Balaban J connectivity index is 0.00000126. The normalized spacial score (nSPS) is 21.2. The SMILES string of the molecule is CC.CCCN(CC1CC1)SC1=CC=C(C2=CC3(CCNCC3)Oc3ccccc32)CC=C1. The Labute approximate surface area is 205 Å². The maximum Gasteiger partial charge on any atom is 0.130 e. The standard InChI is InChI=1S/C27H34N2OS.C2H6/c1-2-18-29(20-21-10-11-21)31-23-7-5-6-22(12-13-23)25-19-27(14-16-28-17-15-27)30-26-9-4-3-8-24(25)26;1-2/h3-5,7-9,12-13,19,21,28H,2,6,10-11,14-18,20H2,1H3;1-2H3. The quantitative estimate of drug-likeness (QED) is 0.433. The van der Waals surface area contributed by atoms with Gasteiger partial charge in [-0.15, -0.1) is 0 Å². The van der Waals surface area contributed by atoms with Crippen LogP contribution in [0, 0.1) is 5.92 Å². The van der Waals surface area contributed by atoms with Crippen molar-refractivity contribution in [1.29, 1.82) is 0 Å². The number of nitrogens with zero attached hydrogens (tertiary/aromatic N) is 1. The van der Waals surface area contributed by atoms with Gasteiger partial charge < -0.3 is 10.1 Å². The van der Waals surface area contributed by atoms with E-state index in [1.807, 2.05) is 25.8 Å². The third-order valence-electron chi connectivity index (χ3n) is 6.63. The smallest absolute Gasteiger partial charge is 0.130 e. The van der Waals surface area contributed by atoms with E-state index in [9.17, 15) is 0 Å². The zero-order valence-corrected chi connectivity index (χ0v) is 21.4. The van der Waals surface area contributed by atoms with Crippen LogP contribution in [0.4, 0.5) is 0 Å². The molecule has 178 valence electrons. The predicted molar refractivity (Wildman–Crippen MR) is 143 cm³/mol. The van der Waals surface area contributed by atoms with Crippen molar-refractivity contribution in [3.05, 3.63) is 70.7 Å². The lowest BCUT2D eigenvalue weighted by Gasteiger charge is -2.40. The molecule has 2 fully saturated rings. The molecule has 1 aromatic carbocycles. The van der Waals surface area contributed by atoms with Crippen molar-refractivity contribution in [2.45, 2.75) is 64.9 Å². The number of allylic oxidation sites excluding steroid dienone is 6. The van der Waals surface area contributed by atoms with Crippen LogP contribution in [0.3, 0.4) is 0 Å². The lowest BCUT2D eigenvalue weighted by atomic mass is 9.82. The van der Waals surface area contributed by atoms with E-state index in [1.54, 1.807) is 0 Å². The topological polar surface area (TPSA) is 24.5 Å². The summed E-state index contributed by atoms with van der Waals surface area (Å²) in [6, 6.07) is 8.56. The molecule has 1 saturated carbocycles. The first-order valence-corrected chi connectivity index (χ1v) is 13.7. The molecule has 0 radical (unpaired) electrons.